The average Bonchev–Trinajstić information content (AvgIpc) is 3.53. The zero-order chi connectivity index (χ0) is 27.0. The van der Waals surface area contributed by atoms with Crippen molar-refractivity contribution in [2.24, 2.45) is 4.99 Å². The molecule has 0 unspecified atom stereocenters. The number of aromatic nitrogens is 2. The number of rotatable bonds is 7. The van der Waals surface area contributed by atoms with Crippen molar-refractivity contribution in [1.82, 2.24) is 9.97 Å². The molecule has 2 aromatic heterocycles. The molecule has 0 spiro atoms. The molecule has 1 aromatic carbocycles. The summed E-state index contributed by atoms with van der Waals surface area (Å²) in [5.74, 6) is 0.205. The Morgan fingerprint density at radius 2 is 1.95 bits per heavy atom. The zero-order valence-corrected chi connectivity index (χ0v) is 22.9. The fourth-order valence-corrected chi connectivity index (χ4v) is 5.91. The fourth-order valence-electron chi connectivity index (χ4n) is 5.04. The third-order valence-corrected chi connectivity index (χ3v) is 8.03. The molecule has 3 aromatic rings. The molecule has 0 aliphatic carbocycles. The van der Waals surface area contributed by atoms with E-state index in [1.165, 1.54) is 6.26 Å². The molecule has 0 saturated carbocycles. The number of sulfone groups is 1. The third-order valence-electron chi connectivity index (χ3n) is 6.89. The van der Waals surface area contributed by atoms with Gasteiger partial charge in [0.25, 0.3) is 0 Å². The van der Waals surface area contributed by atoms with E-state index in [4.69, 9.17) is 14.7 Å². The Balaban J connectivity index is 1.52. The van der Waals surface area contributed by atoms with Crippen molar-refractivity contribution in [3.63, 3.8) is 0 Å². The van der Waals surface area contributed by atoms with Crippen LogP contribution in [0.1, 0.15) is 79.5 Å². The van der Waals surface area contributed by atoms with Crippen LogP contribution in [0.25, 0.3) is 0 Å². The van der Waals surface area contributed by atoms with E-state index in [9.17, 15) is 13.7 Å². The van der Waals surface area contributed by atoms with Crippen LogP contribution in [0.2, 0.25) is 0 Å². The van der Waals surface area contributed by atoms with Crippen LogP contribution in [0.5, 0.6) is 0 Å². The molecule has 38 heavy (non-hydrogen) atoms. The van der Waals surface area contributed by atoms with Crippen LogP contribution in [0.3, 0.4) is 0 Å². The minimum absolute atomic E-state index is 0.0820. The zero-order valence-electron chi connectivity index (χ0n) is 22.1. The van der Waals surface area contributed by atoms with Crippen molar-refractivity contribution < 1.29 is 13.2 Å². The molecule has 1 saturated heterocycles. The second-order valence-corrected chi connectivity index (χ2v) is 12.3. The largest absolute Gasteiger partial charge is 0.374 e. The number of nitrogens with one attached hydrogen (secondary N) is 1. The second-order valence-electron chi connectivity index (χ2n) is 10.3. The number of hydrogen-bond acceptors (Lipinski definition) is 8. The summed E-state index contributed by atoms with van der Waals surface area (Å²) in [5.41, 5.74) is 7.40. The maximum absolute atomic E-state index is 12.8. The van der Waals surface area contributed by atoms with Gasteiger partial charge in [-0.15, -0.1) is 0 Å². The first-order chi connectivity index (χ1) is 18.1. The number of fused-ring (bicyclic) bond motifs is 1. The van der Waals surface area contributed by atoms with E-state index in [0.717, 1.165) is 52.4 Å². The van der Waals surface area contributed by atoms with Gasteiger partial charge in [-0.3, -0.25) is 9.98 Å². The number of ether oxygens (including phenoxy) is 1. The van der Waals surface area contributed by atoms with Gasteiger partial charge in [-0.05, 0) is 61.1 Å². The number of benzene rings is 1. The first-order valence-corrected chi connectivity index (χ1v) is 14.7. The maximum Gasteiger partial charge on any atom is 0.177 e. The van der Waals surface area contributed by atoms with E-state index in [-0.39, 0.29) is 16.9 Å². The van der Waals surface area contributed by atoms with Crippen LogP contribution in [0.4, 0.5) is 17.1 Å². The summed E-state index contributed by atoms with van der Waals surface area (Å²) in [5, 5.41) is 12.9. The van der Waals surface area contributed by atoms with Crippen molar-refractivity contribution >= 4 is 32.6 Å². The minimum atomic E-state index is -3.52. The van der Waals surface area contributed by atoms with E-state index >= 15 is 0 Å². The summed E-state index contributed by atoms with van der Waals surface area (Å²) >= 11 is 0. The first-order valence-electron chi connectivity index (χ1n) is 12.8. The van der Waals surface area contributed by atoms with Crippen LogP contribution in [0, 0.1) is 11.3 Å². The third kappa shape index (κ3) is 5.33. The van der Waals surface area contributed by atoms with E-state index in [0.29, 0.717) is 36.5 Å². The lowest BCUT2D eigenvalue weighted by atomic mass is 10.0. The molecule has 0 bridgehead atoms. The summed E-state index contributed by atoms with van der Waals surface area (Å²) in [7, 11) is -3.52. The Hall–Kier alpha value is -3.61. The van der Waals surface area contributed by atoms with Crippen LogP contribution < -0.4 is 5.32 Å². The molecule has 2 aliphatic rings. The van der Waals surface area contributed by atoms with Gasteiger partial charge in [0.1, 0.15) is 17.5 Å². The van der Waals surface area contributed by atoms with Crippen LogP contribution in [-0.4, -0.2) is 37.0 Å². The predicted molar refractivity (Wildman–Crippen MR) is 147 cm³/mol. The maximum atomic E-state index is 12.8. The highest BCUT2D eigenvalue weighted by Gasteiger charge is 2.24. The highest BCUT2D eigenvalue weighted by Crippen LogP contribution is 2.39. The van der Waals surface area contributed by atoms with Gasteiger partial charge in [-0.2, -0.15) is 5.26 Å². The molecule has 1 fully saturated rings. The van der Waals surface area contributed by atoms with Crippen molar-refractivity contribution in [3.8, 4) is 6.07 Å². The Labute approximate surface area is 223 Å². The number of nitrogens with zero attached hydrogens (tertiary/aromatic N) is 4. The molecule has 1 atom stereocenters. The van der Waals surface area contributed by atoms with E-state index in [1.807, 2.05) is 45.0 Å². The van der Waals surface area contributed by atoms with Gasteiger partial charge >= 0.3 is 0 Å². The quantitative estimate of drug-likeness (QED) is 0.416. The monoisotopic (exact) mass is 529 g/mol. The smallest absolute Gasteiger partial charge is 0.177 e. The topological polar surface area (TPSA) is 117 Å². The Bertz CT molecular complexity index is 1580. The van der Waals surface area contributed by atoms with E-state index in [1.54, 1.807) is 12.1 Å². The van der Waals surface area contributed by atoms with Gasteiger partial charge < -0.3 is 10.1 Å². The summed E-state index contributed by atoms with van der Waals surface area (Å²) in [4.78, 5) is 14.3. The first kappa shape index (κ1) is 26.0. The Morgan fingerprint density at radius 3 is 2.63 bits per heavy atom. The number of hydrogen-bond donors (Lipinski definition) is 1. The molecule has 4 heterocycles. The highest BCUT2D eigenvalue weighted by atomic mass is 32.2. The lowest BCUT2D eigenvalue weighted by Gasteiger charge is -2.17. The van der Waals surface area contributed by atoms with E-state index in [2.05, 4.69) is 16.4 Å². The summed E-state index contributed by atoms with van der Waals surface area (Å²) in [6.45, 7) is 6.72. The summed E-state index contributed by atoms with van der Waals surface area (Å²) < 4.78 is 31.3. The van der Waals surface area contributed by atoms with Crippen molar-refractivity contribution in [1.29, 1.82) is 5.26 Å². The number of nitriles is 1. The Morgan fingerprint density at radius 1 is 1.13 bits per heavy atom. The van der Waals surface area contributed by atoms with Crippen LogP contribution >= 0.6 is 0 Å². The standard InChI is InChI=1S/C29H31N5O3S/c1-17(2)22-9-8-20(32-26(22)16-30)14-21-15-25(29-24(33-21)12-18(3)31-29)34-23-10-7-19(27-6-5-11-37-27)13-28(23)38(4,35)36/h7-10,13,15,17,27H,5-6,11-12,14H2,1-4H3,(H,33,34)/t27-/m1/s1. The highest BCUT2D eigenvalue weighted by molar-refractivity contribution is 7.90. The normalized spacial score (nSPS) is 16.8. The number of pyridine rings is 2. The summed E-state index contributed by atoms with van der Waals surface area (Å²) in [6.07, 6.45) is 4.04. The van der Waals surface area contributed by atoms with Crippen LogP contribution in [-0.2, 0) is 27.4 Å². The van der Waals surface area contributed by atoms with Gasteiger partial charge in [0.15, 0.2) is 9.84 Å². The summed E-state index contributed by atoms with van der Waals surface area (Å²) in [6, 6.07) is 13.4. The molecule has 8 nitrogen and oxygen atoms in total. The molecular formula is C29H31N5O3S. The minimum Gasteiger partial charge on any atom is -0.374 e. The molecule has 0 radical (unpaired) electrons. The van der Waals surface area contributed by atoms with Crippen LogP contribution in [0.15, 0.2) is 46.3 Å². The number of aliphatic imine (C=N–C) groups is 1. The Kier molecular flexibility index (Phi) is 7.03. The molecule has 5 rings (SSSR count). The van der Waals surface area contributed by atoms with E-state index < -0.39 is 9.84 Å². The lowest BCUT2D eigenvalue weighted by Crippen LogP contribution is -2.07. The molecule has 9 heteroatoms. The lowest BCUT2D eigenvalue weighted by molar-refractivity contribution is 0.112. The molecule has 1 N–H and O–H groups in total. The molecule has 196 valence electrons. The fraction of sp³-hybridized carbons (Fsp3) is 0.379. The van der Waals surface area contributed by atoms with Gasteiger partial charge in [-0.25, -0.2) is 13.4 Å². The number of anilines is 2. The van der Waals surface area contributed by atoms with Crippen molar-refractivity contribution in [2.45, 2.75) is 63.4 Å². The van der Waals surface area contributed by atoms with Gasteiger partial charge in [0.05, 0.1) is 28.1 Å². The average molecular weight is 530 g/mol. The molecule has 2 aliphatic heterocycles. The van der Waals surface area contributed by atoms with Gasteiger partial charge in [0, 0.05) is 42.8 Å². The SMILES string of the molecule is CC1=Nc2c(Nc3ccc([C@H]4CCCO4)cc3S(C)(=O)=O)cc(Cc3ccc(C(C)C)c(C#N)n3)nc2C1. The van der Waals surface area contributed by atoms with Crippen molar-refractivity contribution in [2.75, 3.05) is 18.2 Å². The van der Waals surface area contributed by atoms with Gasteiger partial charge in [-0.1, -0.05) is 26.0 Å². The molecule has 0 amide bonds. The van der Waals surface area contributed by atoms with Crippen molar-refractivity contribution in [3.05, 3.63) is 70.3 Å². The second kappa shape index (κ2) is 10.3. The molecular weight excluding hydrogens is 498 g/mol. The van der Waals surface area contributed by atoms with Gasteiger partial charge in [0.2, 0.25) is 0 Å². The predicted octanol–water partition coefficient (Wildman–Crippen LogP) is 5.71.